The Morgan fingerprint density at radius 2 is 1.96 bits per heavy atom. The maximum Gasteiger partial charge on any atom is 0.253 e. The van der Waals surface area contributed by atoms with E-state index in [2.05, 4.69) is 0 Å². The molecule has 3 rings (SSSR count). The second-order valence-electron chi connectivity index (χ2n) is 6.29. The van der Waals surface area contributed by atoms with Crippen LogP contribution in [0.15, 0.2) is 18.2 Å². The van der Waals surface area contributed by atoms with Crippen LogP contribution in [-0.2, 0) is 4.74 Å². The first-order valence-corrected chi connectivity index (χ1v) is 8.06. The van der Waals surface area contributed by atoms with E-state index in [1.807, 2.05) is 0 Å². The van der Waals surface area contributed by atoms with Crippen LogP contribution >= 0.6 is 11.6 Å². The van der Waals surface area contributed by atoms with Crippen LogP contribution in [0.2, 0.25) is 5.02 Å². The molecule has 0 aliphatic carbocycles. The van der Waals surface area contributed by atoms with E-state index in [0.717, 1.165) is 0 Å². The molecule has 23 heavy (non-hydrogen) atoms. The monoisotopic (exact) mass is 341 g/mol. The molecule has 2 atom stereocenters. The summed E-state index contributed by atoms with van der Waals surface area (Å²) < 4.78 is 5.75. The minimum absolute atomic E-state index is 0.112. The maximum absolute atomic E-state index is 12.5. The molecular weight excluding hydrogens is 322 g/mol. The van der Waals surface area contributed by atoms with Gasteiger partial charge in [-0.3, -0.25) is 4.79 Å². The largest absolute Gasteiger partial charge is 0.506 e. The number of aliphatic hydroxyl groups excluding tert-OH is 2. The number of carbonyl (C=O) groups excluding carboxylic acids is 1. The lowest BCUT2D eigenvalue weighted by Gasteiger charge is -2.46. The summed E-state index contributed by atoms with van der Waals surface area (Å²) in [6.45, 7) is 1.14. The van der Waals surface area contributed by atoms with Crippen molar-refractivity contribution < 1.29 is 24.9 Å². The Morgan fingerprint density at radius 1 is 1.26 bits per heavy atom. The molecular formula is C16H20ClNO5. The highest BCUT2D eigenvalue weighted by atomic mass is 35.5. The van der Waals surface area contributed by atoms with Crippen molar-refractivity contribution in [1.82, 2.24) is 4.90 Å². The van der Waals surface area contributed by atoms with Crippen molar-refractivity contribution in [1.29, 1.82) is 0 Å². The fourth-order valence-electron chi connectivity index (χ4n) is 3.24. The lowest BCUT2D eigenvalue weighted by atomic mass is 9.82. The maximum atomic E-state index is 12.5. The Bertz CT molecular complexity index is 600. The number of phenols is 1. The van der Waals surface area contributed by atoms with Gasteiger partial charge < -0.3 is 25.0 Å². The molecule has 2 fully saturated rings. The summed E-state index contributed by atoms with van der Waals surface area (Å²) in [5.41, 5.74) is -0.0692. The van der Waals surface area contributed by atoms with Crippen molar-refractivity contribution in [2.45, 2.75) is 37.1 Å². The third-order valence-electron chi connectivity index (χ3n) is 4.74. The smallest absolute Gasteiger partial charge is 0.253 e. The number of hydrogen-bond acceptors (Lipinski definition) is 5. The number of carbonyl (C=O) groups is 1. The zero-order chi connectivity index (χ0) is 16.6. The molecule has 0 unspecified atom stereocenters. The normalized spacial score (nSPS) is 27.2. The molecule has 2 saturated heterocycles. The second kappa shape index (κ2) is 6.28. The number of ether oxygens (including phenoxy) is 1. The van der Waals surface area contributed by atoms with Crippen molar-refractivity contribution in [2.75, 3.05) is 19.7 Å². The summed E-state index contributed by atoms with van der Waals surface area (Å²) in [5.74, 6) is -0.276. The van der Waals surface area contributed by atoms with Gasteiger partial charge in [0.25, 0.3) is 5.91 Å². The molecule has 1 spiro atoms. The number of likely N-dealkylation sites (tertiary alicyclic amines) is 1. The minimum Gasteiger partial charge on any atom is -0.506 e. The van der Waals surface area contributed by atoms with Gasteiger partial charge in [-0.1, -0.05) is 11.6 Å². The first-order chi connectivity index (χ1) is 10.9. The third kappa shape index (κ3) is 3.30. The van der Waals surface area contributed by atoms with E-state index in [-0.39, 0.29) is 23.3 Å². The van der Waals surface area contributed by atoms with Crippen molar-refractivity contribution in [3.63, 3.8) is 0 Å². The Kier molecular flexibility index (Phi) is 4.51. The predicted molar refractivity (Wildman–Crippen MR) is 83.6 cm³/mol. The molecule has 0 bridgehead atoms. The van der Waals surface area contributed by atoms with Gasteiger partial charge >= 0.3 is 0 Å². The molecule has 3 N–H and O–H groups in total. The Labute approximate surface area is 139 Å². The van der Waals surface area contributed by atoms with Crippen molar-refractivity contribution >= 4 is 17.5 Å². The average Bonchev–Trinajstić information content (AvgIpc) is 2.54. The van der Waals surface area contributed by atoms with Crippen LogP contribution in [0.4, 0.5) is 0 Å². The van der Waals surface area contributed by atoms with Gasteiger partial charge in [-0.05, 0) is 31.0 Å². The molecule has 7 heteroatoms. The van der Waals surface area contributed by atoms with E-state index < -0.39 is 17.8 Å². The number of rotatable bonds is 1. The van der Waals surface area contributed by atoms with Gasteiger partial charge in [0.15, 0.2) is 0 Å². The fraction of sp³-hybridized carbons (Fsp3) is 0.562. The van der Waals surface area contributed by atoms with Crippen molar-refractivity contribution in [3.8, 4) is 5.75 Å². The highest BCUT2D eigenvalue weighted by Crippen LogP contribution is 2.35. The molecule has 126 valence electrons. The van der Waals surface area contributed by atoms with Gasteiger partial charge in [-0.15, -0.1) is 0 Å². The topological polar surface area (TPSA) is 90.2 Å². The van der Waals surface area contributed by atoms with Crippen LogP contribution < -0.4 is 0 Å². The van der Waals surface area contributed by atoms with Gasteiger partial charge in [-0.25, -0.2) is 0 Å². The van der Waals surface area contributed by atoms with Gasteiger partial charge in [0.1, 0.15) is 11.9 Å². The number of benzene rings is 1. The van der Waals surface area contributed by atoms with Gasteiger partial charge in [0.2, 0.25) is 0 Å². The lowest BCUT2D eigenvalue weighted by molar-refractivity contribution is -0.185. The van der Waals surface area contributed by atoms with Crippen LogP contribution in [0, 0.1) is 0 Å². The zero-order valence-electron chi connectivity index (χ0n) is 12.6. The minimum atomic E-state index is -0.836. The van der Waals surface area contributed by atoms with E-state index in [1.54, 1.807) is 11.0 Å². The Hall–Kier alpha value is -1.34. The molecule has 1 amide bonds. The SMILES string of the molecule is O=C(c1ccc(Cl)c(O)c1)N1CCC2(CC1)C[C@@H](O)[C@@H](O)CO2. The first-order valence-electron chi connectivity index (χ1n) is 7.68. The molecule has 2 aliphatic heterocycles. The van der Waals surface area contributed by atoms with Crippen LogP contribution in [-0.4, -0.2) is 63.6 Å². The van der Waals surface area contributed by atoms with Gasteiger partial charge in [-0.2, -0.15) is 0 Å². The van der Waals surface area contributed by atoms with E-state index in [4.69, 9.17) is 16.3 Å². The van der Waals surface area contributed by atoms with Gasteiger partial charge in [0.05, 0.1) is 23.3 Å². The number of aromatic hydroxyl groups is 1. The molecule has 1 aromatic carbocycles. The second-order valence-corrected chi connectivity index (χ2v) is 6.70. The number of nitrogens with zero attached hydrogens (tertiary/aromatic N) is 1. The van der Waals surface area contributed by atoms with Crippen LogP contribution in [0.3, 0.4) is 0 Å². The fourth-order valence-corrected chi connectivity index (χ4v) is 3.36. The number of aliphatic hydroxyl groups is 2. The molecule has 0 aromatic heterocycles. The van der Waals surface area contributed by atoms with E-state index in [0.29, 0.717) is 37.9 Å². The summed E-state index contributed by atoms with van der Waals surface area (Å²) in [6, 6.07) is 4.45. The van der Waals surface area contributed by atoms with Crippen LogP contribution in [0.25, 0.3) is 0 Å². The first kappa shape index (κ1) is 16.5. The van der Waals surface area contributed by atoms with Crippen molar-refractivity contribution in [2.24, 2.45) is 0 Å². The Balaban J connectivity index is 1.64. The predicted octanol–water partition coefficient (Wildman–Crippen LogP) is 1.16. The lowest BCUT2D eigenvalue weighted by Crippen LogP contribution is -2.55. The summed E-state index contributed by atoms with van der Waals surface area (Å²) in [7, 11) is 0. The van der Waals surface area contributed by atoms with E-state index in [9.17, 15) is 20.1 Å². The highest BCUT2D eigenvalue weighted by Gasteiger charge is 2.43. The van der Waals surface area contributed by atoms with Gasteiger partial charge in [0, 0.05) is 25.1 Å². The van der Waals surface area contributed by atoms with E-state index >= 15 is 0 Å². The highest BCUT2D eigenvalue weighted by molar-refractivity contribution is 6.32. The quantitative estimate of drug-likeness (QED) is 0.713. The number of phenolic OH excluding ortho intramolecular Hbond substituents is 1. The third-order valence-corrected chi connectivity index (χ3v) is 5.06. The summed E-state index contributed by atoms with van der Waals surface area (Å²) in [4.78, 5) is 14.2. The molecule has 6 nitrogen and oxygen atoms in total. The molecule has 2 heterocycles. The summed E-state index contributed by atoms with van der Waals surface area (Å²) in [6.07, 6.45) is -0.00110. The zero-order valence-corrected chi connectivity index (χ0v) is 13.4. The molecule has 1 aromatic rings. The average molecular weight is 342 g/mol. The van der Waals surface area contributed by atoms with E-state index in [1.165, 1.54) is 12.1 Å². The molecule has 0 radical (unpaired) electrons. The van der Waals surface area contributed by atoms with Crippen LogP contribution in [0.5, 0.6) is 5.75 Å². The van der Waals surface area contributed by atoms with Crippen LogP contribution in [0.1, 0.15) is 29.6 Å². The van der Waals surface area contributed by atoms with Crippen molar-refractivity contribution in [3.05, 3.63) is 28.8 Å². The molecule has 2 aliphatic rings. The standard InChI is InChI=1S/C16H20ClNO5/c17-11-2-1-10(7-12(11)19)15(22)18-5-3-16(4-6-18)8-13(20)14(21)9-23-16/h1-2,7,13-14,19-21H,3-6,8-9H2/t13-,14+/m1/s1. The Morgan fingerprint density at radius 3 is 2.57 bits per heavy atom. The summed E-state index contributed by atoms with van der Waals surface area (Å²) in [5, 5.41) is 29.2. The summed E-state index contributed by atoms with van der Waals surface area (Å²) >= 11 is 5.76. The number of piperidine rings is 1. The number of amides is 1. The number of halogens is 1. The molecule has 0 saturated carbocycles. The number of hydrogen-bond donors (Lipinski definition) is 3.